The van der Waals surface area contributed by atoms with E-state index in [0.29, 0.717) is 18.7 Å². The maximum atomic E-state index is 13.5. The van der Waals surface area contributed by atoms with Crippen LogP contribution in [0.5, 0.6) is 0 Å². The predicted octanol–water partition coefficient (Wildman–Crippen LogP) is 4.15. The third-order valence-corrected chi connectivity index (χ3v) is 6.30. The van der Waals surface area contributed by atoms with Crippen LogP contribution in [0.15, 0.2) is 72.8 Å². The minimum atomic E-state index is -0.425. The average molecular weight is 396 g/mol. The molecule has 150 valence electrons. The fourth-order valence-corrected chi connectivity index (χ4v) is 4.76. The van der Waals surface area contributed by atoms with Crippen LogP contribution >= 0.6 is 0 Å². The molecule has 2 heterocycles. The molecule has 2 aliphatic rings. The second-order valence-electron chi connectivity index (χ2n) is 8.16. The number of hydrogen-bond donors (Lipinski definition) is 1. The molecule has 0 radical (unpaired) electrons. The highest BCUT2D eigenvalue weighted by Gasteiger charge is 2.45. The molecule has 0 aromatic heterocycles. The molecule has 2 atom stereocenters. The summed E-state index contributed by atoms with van der Waals surface area (Å²) in [6.45, 7) is 3.16. The van der Waals surface area contributed by atoms with Gasteiger partial charge in [-0.15, -0.1) is 0 Å². The summed E-state index contributed by atoms with van der Waals surface area (Å²) in [6, 6.07) is 23.7. The van der Waals surface area contributed by atoms with Gasteiger partial charge in [0.25, 0.3) is 5.91 Å². The first-order valence-corrected chi connectivity index (χ1v) is 10.4. The van der Waals surface area contributed by atoms with Crippen molar-refractivity contribution >= 4 is 11.8 Å². The number of fused-ring (bicyclic) bond motifs is 4. The quantitative estimate of drug-likeness (QED) is 0.723. The summed E-state index contributed by atoms with van der Waals surface area (Å²) in [5.41, 5.74) is 6.03. The van der Waals surface area contributed by atoms with Crippen LogP contribution < -0.4 is 5.32 Å². The number of benzene rings is 3. The van der Waals surface area contributed by atoms with Gasteiger partial charge in [-0.3, -0.25) is 9.59 Å². The molecule has 1 N–H and O–H groups in total. The molecule has 2 amide bonds. The van der Waals surface area contributed by atoms with Crippen molar-refractivity contribution in [3.8, 4) is 0 Å². The summed E-state index contributed by atoms with van der Waals surface area (Å²) >= 11 is 0. The Hall–Kier alpha value is -3.40. The fraction of sp³-hybridized carbons (Fsp3) is 0.231. The number of hydrogen-bond acceptors (Lipinski definition) is 2. The maximum Gasteiger partial charge on any atom is 0.254 e. The average Bonchev–Trinajstić information content (AvgIpc) is 2.79. The molecule has 3 aromatic rings. The predicted molar refractivity (Wildman–Crippen MR) is 116 cm³/mol. The lowest BCUT2D eigenvalue weighted by Gasteiger charge is -2.45. The lowest BCUT2D eigenvalue weighted by molar-refractivity contribution is -0.124. The summed E-state index contributed by atoms with van der Waals surface area (Å²) in [5.74, 6) is -0.444. The Morgan fingerprint density at radius 2 is 1.67 bits per heavy atom. The van der Waals surface area contributed by atoms with E-state index in [2.05, 4.69) is 29.6 Å². The standard InChI is InChI=1S/C26H24N2O2/c1-17-10-12-18(13-11-17)16-27-25(29)23-21-8-4-5-9-22(21)26(30)28-15-14-19-6-2-3-7-20(19)24(23)28/h2-13,23-24H,14-16H2,1H3,(H,27,29). The SMILES string of the molecule is Cc1ccc(CNC(=O)C2c3ccccc3C(=O)N3CCc4ccccc4C23)cc1. The van der Waals surface area contributed by atoms with Crippen molar-refractivity contribution < 1.29 is 9.59 Å². The summed E-state index contributed by atoms with van der Waals surface area (Å²) in [6.07, 6.45) is 0.818. The first kappa shape index (κ1) is 18.6. The highest BCUT2D eigenvalue weighted by Crippen LogP contribution is 2.45. The molecule has 0 fully saturated rings. The van der Waals surface area contributed by atoms with Crippen molar-refractivity contribution in [1.82, 2.24) is 10.2 Å². The van der Waals surface area contributed by atoms with Gasteiger partial charge in [0.05, 0.1) is 12.0 Å². The largest absolute Gasteiger partial charge is 0.351 e. The Morgan fingerprint density at radius 3 is 2.47 bits per heavy atom. The molecule has 0 saturated carbocycles. The molecule has 4 nitrogen and oxygen atoms in total. The number of nitrogens with zero attached hydrogens (tertiary/aromatic N) is 1. The number of rotatable bonds is 3. The lowest BCUT2D eigenvalue weighted by atomic mass is 9.76. The molecule has 0 bridgehead atoms. The normalized spacial score (nSPS) is 19.5. The van der Waals surface area contributed by atoms with Crippen molar-refractivity contribution in [3.63, 3.8) is 0 Å². The molecule has 3 aromatic carbocycles. The number of carbonyl (C=O) groups is 2. The Labute approximate surface area is 176 Å². The first-order valence-electron chi connectivity index (χ1n) is 10.4. The topological polar surface area (TPSA) is 49.4 Å². The fourth-order valence-electron chi connectivity index (χ4n) is 4.76. The molecular weight excluding hydrogens is 372 g/mol. The van der Waals surface area contributed by atoms with E-state index in [1.54, 1.807) is 0 Å². The third kappa shape index (κ3) is 3.09. The zero-order chi connectivity index (χ0) is 20.7. The van der Waals surface area contributed by atoms with Gasteiger partial charge in [0.2, 0.25) is 5.91 Å². The van der Waals surface area contributed by atoms with E-state index in [9.17, 15) is 9.59 Å². The second-order valence-corrected chi connectivity index (χ2v) is 8.16. The van der Waals surface area contributed by atoms with Gasteiger partial charge in [0.15, 0.2) is 0 Å². The number of nitrogens with one attached hydrogen (secondary N) is 1. The molecule has 5 rings (SSSR count). The summed E-state index contributed by atoms with van der Waals surface area (Å²) in [7, 11) is 0. The molecule has 0 saturated heterocycles. The van der Waals surface area contributed by atoms with E-state index in [4.69, 9.17) is 0 Å². The molecular formula is C26H24N2O2. The van der Waals surface area contributed by atoms with Crippen molar-refractivity contribution in [1.29, 1.82) is 0 Å². The van der Waals surface area contributed by atoms with Crippen LogP contribution in [0.1, 0.15) is 50.1 Å². The minimum absolute atomic E-state index is 0.0210. The van der Waals surface area contributed by atoms with Crippen LogP contribution in [0.25, 0.3) is 0 Å². The Bertz CT molecular complexity index is 1120. The van der Waals surface area contributed by atoms with Crippen LogP contribution in [0.3, 0.4) is 0 Å². The zero-order valence-electron chi connectivity index (χ0n) is 17.0. The summed E-state index contributed by atoms with van der Waals surface area (Å²) in [5, 5.41) is 3.13. The zero-order valence-corrected chi connectivity index (χ0v) is 17.0. The van der Waals surface area contributed by atoms with Gasteiger partial charge in [-0.1, -0.05) is 72.3 Å². The summed E-state index contributed by atoms with van der Waals surface area (Å²) in [4.78, 5) is 28.6. The van der Waals surface area contributed by atoms with Crippen LogP contribution in [0.4, 0.5) is 0 Å². The second kappa shape index (κ2) is 7.45. The van der Waals surface area contributed by atoms with Crippen molar-refractivity contribution in [2.24, 2.45) is 0 Å². The molecule has 30 heavy (non-hydrogen) atoms. The third-order valence-electron chi connectivity index (χ3n) is 6.30. The van der Waals surface area contributed by atoms with Crippen molar-refractivity contribution in [2.45, 2.75) is 31.8 Å². The van der Waals surface area contributed by atoms with Gasteiger partial charge >= 0.3 is 0 Å². The van der Waals surface area contributed by atoms with Crippen molar-refractivity contribution in [2.75, 3.05) is 6.54 Å². The van der Waals surface area contributed by atoms with Crippen molar-refractivity contribution in [3.05, 3.63) is 106 Å². The Kier molecular flexibility index (Phi) is 4.62. The maximum absolute atomic E-state index is 13.5. The Morgan fingerprint density at radius 1 is 0.967 bits per heavy atom. The highest BCUT2D eigenvalue weighted by atomic mass is 16.2. The van der Waals surface area contributed by atoms with E-state index in [1.165, 1.54) is 11.1 Å². The molecule has 2 unspecified atom stereocenters. The van der Waals surface area contributed by atoms with E-state index < -0.39 is 5.92 Å². The smallest absolute Gasteiger partial charge is 0.254 e. The molecule has 0 spiro atoms. The highest BCUT2D eigenvalue weighted by molar-refractivity contribution is 6.01. The van der Waals surface area contributed by atoms with Crippen LogP contribution in [-0.2, 0) is 17.8 Å². The van der Waals surface area contributed by atoms with E-state index in [1.807, 2.05) is 60.4 Å². The minimum Gasteiger partial charge on any atom is -0.351 e. The number of amides is 2. The van der Waals surface area contributed by atoms with Gasteiger partial charge < -0.3 is 10.2 Å². The molecule has 2 aliphatic heterocycles. The van der Waals surface area contributed by atoms with Crippen LogP contribution in [-0.4, -0.2) is 23.3 Å². The van der Waals surface area contributed by atoms with Crippen LogP contribution in [0.2, 0.25) is 0 Å². The van der Waals surface area contributed by atoms with Gasteiger partial charge in [-0.2, -0.15) is 0 Å². The molecule has 0 aliphatic carbocycles. The number of carbonyl (C=O) groups excluding carboxylic acids is 2. The lowest BCUT2D eigenvalue weighted by Crippen LogP contribution is -2.50. The van der Waals surface area contributed by atoms with E-state index >= 15 is 0 Å². The van der Waals surface area contributed by atoms with Gasteiger partial charge in [-0.25, -0.2) is 0 Å². The van der Waals surface area contributed by atoms with Gasteiger partial charge in [0.1, 0.15) is 0 Å². The molecule has 4 heteroatoms. The monoisotopic (exact) mass is 396 g/mol. The number of aryl methyl sites for hydroxylation is 1. The van der Waals surface area contributed by atoms with Crippen LogP contribution in [0, 0.1) is 6.92 Å². The summed E-state index contributed by atoms with van der Waals surface area (Å²) < 4.78 is 0. The Balaban J connectivity index is 1.53. The van der Waals surface area contributed by atoms with Gasteiger partial charge in [0, 0.05) is 18.7 Å². The first-order chi connectivity index (χ1) is 14.6. The van der Waals surface area contributed by atoms with E-state index in [-0.39, 0.29) is 17.9 Å². The van der Waals surface area contributed by atoms with Gasteiger partial charge in [-0.05, 0) is 41.7 Å². The van der Waals surface area contributed by atoms with E-state index in [0.717, 1.165) is 23.1 Å².